The highest BCUT2D eigenvalue weighted by Crippen LogP contribution is 2.43. The van der Waals surface area contributed by atoms with Crippen LogP contribution in [0.1, 0.15) is 12.5 Å². The van der Waals surface area contributed by atoms with Gasteiger partial charge in [0.2, 0.25) is 21.6 Å². The highest BCUT2D eigenvalue weighted by Gasteiger charge is 2.28. The molecule has 0 saturated carbocycles. The van der Waals surface area contributed by atoms with Gasteiger partial charge >= 0.3 is 0 Å². The fourth-order valence-corrected chi connectivity index (χ4v) is 5.23. The van der Waals surface area contributed by atoms with Gasteiger partial charge in [-0.2, -0.15) is 0 Å². The van der Waals surface area contributed by atoms with E-state index in [1.165, 1.54) is 12.3 Å². The Morgan fingerprint density at radius 1 is 1.07 bits per heavy atom. The fourth-order valence-electron chi connectivity index (χ4n) is 2.63. The van der Waals surface area contributed by atoms with Crippen molar-refractivity contribution in [1.29, 1.82) is 0 Å². The SMILES string of the molecule is CC(=O)Nc1ccc(-c2nnc(SC3=CS(=O)(=O)c4ccccc43)o2)cc1. The standard InChI is InChI=1S/C18H13N3O4S2/c1-11(22)19-13-8-6-12(7-9-13)17-20-21-18(25-17)26-15-10-27(23,24)16-5-3-2-4-14(15)16/h2-10H,1H3,(H,19,22). The molecule has 4 rings (SSSR count). The molecule has 0 spiro atoms. The Hall–Kier alpha value is -2.91. The van der Waals surface area contributed by atoms with Crippen LogP contribution >= 0.6 is 11.8 Å². The topological polar surface area (TPSA) is 102 Å². The van der Waals surface area contributed by atoms with Crippen LogP contribution in [0.5, 0.6) is 0 Å². The van der Waals surface area contributed by atoms with E-state index in [4.69, 9.17) is 4.42 Å². The maximum Gasteiger partial charge on any atom is 0.281 e. The van der Waals surface area contributed by atoms with Crippen molar-refractivity contribution in [1.82, 2.24) is 10.2 Å². The Labute approximate surface area is 159 Å². The normalized spacial score (nSPS) is 14.5. The summed E-state index contributed by atoms with van der Waals surface area (Å²) >= 11 is 1.11. The lowest BCUT2D eigenvalue weighted by molar-refractivity contribution is -0.114. The van der Waals surface area contributed by atoms with E-state index in [2.05, 4.69) is 15.5 Å². The van der Waals surface area contributed by atoms with Crippen LogP contribution in [0.4, 0.5) is 5.69 Å². The minimum Gasteiger partial charge on any atom is -0.411 e. The van der Waals surface area contributed by atoms with Crippen molar-refractivity contribution in [2.45, 2.75) is 17.0 Å². The number of sulfone groups is 1. The average Bonchev–Trinajstić information content (AvgIpc) is 3.19. The lowest BCUT2D eigenvalue weighted by Gasteiger charge is -2.02. The predicted molar refractivity (Wildman–Crippen MR) is 101 cm³/mol. The van der Waals surface area contributed by atoms with Crippen molar-refractivity contribution in [3.05, 3.63) is 59.5 Å². The third kappa shape index (κ3) is 3.51. The van der Waals surface area contributed by atoms with Gasteiger partial charge in [-0.05, 0) is 42.1 Å². The third-order valence-electron chi connectivity index (χ3n) is 3.78. The summed E-state index contributed by atoms with van der Waals surface area (Å²) in [5, 5.41) is 12.1. The number of anilines is 1. The van der Waals surface area contributed by atoms with E-state index in [1.54, 1.807) is 48.5 Å². The third-order valence-corrected chi connectivity index (χ3v) is 6.34. The first-order valence-electron chi connectivity index (χ1n) is 7.88. The van der Waals surface area contributed by atoms with E-state index in [9.17, 15) is 13.2 Å². The monoisotopic (exact) mass is 399 g/mol. The Kier molecular flexibility index (Phi) is 4.33. The van der Waals surface area contributed by atoms with Crippen LogP contribution in [-0.2, 0) is 14.6 Å². The average molecular weight is 399 g/mol. The van der Waals surface area contributed by atoms with E-state index in [0.29, 0.717) is 27.6 Å². The van der Waals surface area contributed by atoms with Crippen molar-refractivity contribution in [2.75, 3.05) is 5.32 Å². The van der Waals surface area contributed by atoms with E-state index in [1.807, 2.05) is 0 Å². The lowest BCUT2D eigenvalue weighted by atomic mass is 10.2. The molecule has 0 radical (unpaired) electrons. The molecule has 0 atom stereocenters. The van der Waals surface area contributed by atoms with Gasteiger partial charge in [0.25, 0.3) is 5.22 Å². The molecule has 2 heterocycles. The number of hydrogen-bond donors (Lipinski definition) is 1. The van der Waals surface area contributed by atoms with Crippen LogP contribution in [0, 0.1) is 0 Å². The van der Waals surface area contributed by atoms with Gasteiger partial charge in [-0.3, -0.25) is 4.79 Å². The van der Waals surface area contributed by atoms with Crippen molar-refractivity contribution >= 4 is 38.1 Å². The summed E-state index contributed by atoms with van der Waals surface area (Å²) in [4.78, 5) is 11.9. The van der Waals surface area contributed by atoms with E-state index in [0.717, 1.165) is 11.8 Å². The van der Waals surface area contributed by atoms with Crippen molar-refractivity contribution in [2.24, 2.45) is 0 Å². The fraction of sp³-hybridized carbons (Fsp3) is 0.0556. The van der Waals surface area contributed by atoms with Crippen LogP contribution in [0.25, 0.3) is 16.4 Å². The molecule has 7 nitrogen and oxygen atoms in total. The number of fused-ring (bicyclic) bond motifs is 1. The zero-order chi connectivity index (χ0) is 19.0. The second-order valence-corrected chi connectivity index (χ2v) is 8.52. The molecule has 9 heteroatoms. The van der Waals surface area contributed by atoms with Gasteiger partial charge in [0.05, 0.1) is 10.3 Å². The number of benzene rings is 2. The molecule has 0 saturated heterocycles. The first-order valence-corrected chi connectivity index (χ1v) is 10.2. The molecule has 136 valence electrons. The molecular formula is C18H13N3O4S2. The maximum atomic E-state index is 12.2. The number of carbonyl (C=O) groups excluding carboxylic acids is 1. The molecule has 1 aromatic heterocycles. The second-order valence-electron chi connectivity index (χ2n) is 5.76. The molecule has 2 aromatic carbocycles. The molecule has 1 N–H and O–H groups in total. The first kappa shape index (κ1) is 17.5. The molecule has 3 aromatic rings. The van der Waals surface area contributed by atoms with Crippen molar-refractivity contribution in [3.63, 3.8) is 0 Å². The summed E-state index contributed by atoms with van der Waals surface area (Å²) in [6, 6.07) is 13.8. The molecule has 1 aliphatic rings. The number of thioether (sulfide) groups is 1. The van der Waals surface area contributed by atoms with Gasteiger partial charge < -0.3 is 9.73 Å². The number of nitrogens with zero attached hydrogens (tertiary/aromatic N) is 2. The Balaban J connectivity index is 1.57. The van der Waals surface area contributed by atoms with E-state index >= 15 is 0 Å². The first-order chi connectivity index (χ1) is 12.9. The number of aromatic nitrogens is 2. The molecule has 1 amide bonds. The predicted octanol–water partition coefficient (Wildman–Crippen LogP) is 3.57. The largest absolute Gasteiger partial charge is 0.411 e. The summed E-state index contributed by atoms with van der Waals surface area (Å²) in [6.45, 7) is 1.44. The lowest BCUT2D eigenvalue weighted by Crippen LogP contribution is -2.05. The highest BCUT2D eigenvalue weighted by molar-refractivity contribution is 8.09. The van der Waals surface area contributed by atoms with Gasteiger partial charge in [0.15, 0.2) is 0 Å². The summed E-state index contributed by atoms with van der Waals surface area (Å²) in [6.07, 6.45) is 0. The number of nitrogens with one attached hydrogen (secondary N) is 1. The molecule has 0 unspecified atom stereocenters. The zero-order valence-electron chi connectivity index (χ0n) is 14.0. The second kappa shape index (κ2) is 6.67. The van der Waals surface area contributed by atoms with Crippen LogP contribution in [0.15, 0.2) is 68.5 Å². The highest BCUT2D eigenvalue weighted by atomic mass is 32.2. The number of rotatable bonds is 4. The molecule has 0 fully saturated rings. The summed E-state index contributed by atoms with van der Waals surface area (Å²) in [7, 11) is -3.44. The molecule has 1 aliphatic heterocycles. The molecule has 0 aliphatic carbocycles. The Morgan fingerprint density at radius 2 is 1.81 bits per heavy atom. The molecule has 27 heavy (non-hydrogen) atoms. The van der Waals surface area contributed by atoms with Gasteiger partial charge in [-0.25, -0.2) is 8.42 Å². The van der Waals surface area contributed by atoms with Gasteiger partial charge in [-0.1, -0.05) is 18.2 Å². The van der Waals surface area contributed by atoms with Crippen LogP contribution in [0.2, 0.25) is 0 Å². The van der Waals surface area contributed by atoms with Crippen LogP contribution in [0.3, 0.4) is 0 Å². The summed E-state index contributed by atoms with van der Waals surface area (Å²) in [5.41, 5.74) is 1.98. The minimum atomic E-state index is -3.44. The molecule has 0 bridgehead atoms. The Bertz CT molecular complexity index is 1170. The van der Waals surface area contributed by atoms with Gasteiger partial charge in [0.1, 0.15) is 0 Å². The Morgan fingerprint density at radius 3 is 2.56 bits per heavy atom. The molecular weight excluding hydrogens is 386 g/mol. The van der Waals surface area contributed by atoms with Crippen molar-refractivity contribution < 1.29 is 17.6 Å². The number of carbonyl (C=O) groups is 1. The van der Waals surface area contributed by atoms with E-state index in [-0.39, 0.29) is 16.0 Å². The van der Waals surface area contributed by atoms with E-state index < -0.39 is 9.84 Å². The van der Waals surface area contributed by atoms with Gasteiger partial charge in [-0.15, -0.1) is 10.2 Å². The maximum absolute atomic E-state index is 12.2. The quantitative estimate of drug-likeness (QED) is 0.715. The number of amides is 1. The van der Waals surface area contributed by atoms with Crippen LogP contribution in [-0.4, -0.2) is 24.5 Å². The smallest absolute Gasteiger partial charge is 0.281 e. The summed E-state index contributed by atoms with van der Waals surface area (Å²) < 4.78 is 30.1. The number of hydrogen-bond acceptors (Lipinski definition) is 7. The zero-order valence-corrected chi connectivity index (χ0v) is 15.7. The van der Waals surface area contributed by atoms with Crippen molar-refractivity contribution in [3.8, 4) is 11.5 Å². The van der Waals surface area contributed by atoms with Crippen LogP contribution < -0.4 is 5.32 Å². The summed E-state index contributed by atoms with van der Waals surface area (Å²) in [5.74, 6) is 0.154. The van der Waals surface area contributed by atoms with Gasteiger partial charge in [0, 0.05) is 28.6 Å². The minimum absolute atomic E-state index is 0.153.